The van der Waals surface area contributed by atoms with Crippen LogP contribution in [0.2, 0.25) is 0 Å². The van der Waals surface area contributed by atoms with E-state index in [0.29, 0.717) is 0 Å². The Kier molecular flexibility index (Phi) is 6.78. The molecule has 0 fully saturated rings. The summed E-state index contributed by atoms with van der Waals surface area (Å²) in [6.07, 6.45) is 2.17. The van der Waals surface area contributed by atoms with Crippen LogP contribution in [0.3, 0.4) is 0 Å². The molecule has 2 aromatic rings. The SMILES string of the molecule is CCCCOc1c(CNCc2ccccc2)cccc1OC. The Labute approximate surface area is 133 Å². The van der Waals surface area contributed by atoms with Crippen LogP contribution in [0.5, 0.6) is 11.5 Å². The van der Waals surface area contributed by atoms with Crippen molar-refractivity contribution in [2.75, 3.05) is 13.7 Å². The van der Waals surface area contributed by atoms with Gasteiger partial charge in [-0.3, -0.25) is 0 Å². The maximum Gasteiger partial charge on any atom is 0.165 e. The van der Waals surface area contributed by atoms with Crippen LogP contribution in [0.25, 0.3) is 0 Å². The average Bonchev–Trinajstić information content (AvgIpc) is 2.57. The number of hydrogen-bond acceptors (Lipinski definition) is 3. The minimum Gasteiger partial charge on any atom is -0.493 e. The fraction of sp³-hybridized carbons (Fsp3) is 0.368. The van der Waals surface area contributed by atoms with Gasteiger partial charge in [0.2, 0.25) is 0 Å². The molecule has 2 aromatic carbocycles. The van der Waals surface area contributed by atoms with Gasteiger partial charge in [-0.05, 0) is 18.1 Å². The van der Waals surface area contributed by atoms with Crippen LogP contribution in [0.15, 0.2) is 48.5 Å². The molecule has 0 saturated carbocycles. The zero-order valence-corrected chi connectivity index (χ0v) is 13.5. The lowest BCUT2D eigenvalue weighted by Gasteiger charge is -2.15. The fourth-order valence-electron chi connectivity index (χ4n) is 2.28. The first-order valence-corrected chi connectivity index (χ1v) is 7.88. The van der Waals surface area contributed by atoms with E-state index in [-0.39, 0.29) is 0 Å². The van der Waals surface area contributed by atoms with Gasteiger partial charge in [-0.2, -0.15) is 0 Å². The van der Waals surface area contributed by atoms with Gasteiger partial charge in [0.25, 0.3) is 0 Å². The molecule has 118 valence electrons. The van der Waals surface area contributed by atoms with Gasteiger partial charge >= 0.3 is 0 Å². The lowest BCUT2D eigenvalue weighted by Crippen LogP contribution is -2.14. The molecule has 0 amide bonds. The van der Waals surface area contributed by atoms with E-state index in [0.717, 1.165) is 49.6 Å². The molecule has 0 bridgehead atoms. The highest BCUT2D eigenvalue weighted by Crippen LogP contribution is 2.31. The molecule has 0 aromatic heterocycles. The summed E-state index contributed by atoms with van der Waals surface area (Å²) in [5, 5.41) is 3.46. The van der Waals surface area contributed by atoms with Crippen molar-refractivity contribution in [3.05, 3.63) is 59.7 Å². The minimum absolute atomic E-state index is 0.725. The quantitative estimate of drug-likeness (QED) is 0.705. The number of benzene rings is 2. The van der Waals surface area contributed by atoms with Gasteiger partial charge < -0.3 is 14.8 Å². The van der Waals surface area contributed by atoms with E-state index in [4.69, 9.17) is 9.47 Å². The van der Waals surface area contributed by atoms with Gasteiger partial charge in [-0.15, -0.1) is 0 Å². The van der Waals surface area contributed by atoms with E-state index in [9.17, 15) is 0 Å². The summed E-state index contributed by atoms with van der Waals surface area (Å²) in [5.74, 6) is 1.66. The van der Waals surface area contributed by atoms with Crippen molar-refractivity contribution in [1.82, 2.24) is 5.32 Å². The normalized spacial score (nSPS) is 10.5. The molecule has 3 nitrogen and oxygen atoms in total. The van der Waals surface area contributed by atoms with Crippen LogP contribution in [0.1, 0.15) is 30.9 Å². The standard InChI is InChI=1S/C19H25NO2/c1-3-4-13-22-19-17(11-8-12-18(19)21-2)15-20-14-16-9-6-5-7-10-16/h5-12,20H,3-4,13-15H2,1-2H3. The van der Waals surface area contributed by atoms with Crippen LogP contribution >= 0.6 is 0 Å². The zero-order chi connectivity index (χ0) is 15.6. The van der Waals surface area contributed by atoms with Crippen LogP contribution in [-0.4, -0.2) is 13.7 Å². The maximum atomic E-state index is 5.94. The number of unbranched alkanes of at least 4 members (excludes halogenated alkanes) is 1. The molecule has 2 rings (SSSR count). The topological polar surface area (TPSA) is 30.5 Å². The molecular formula is C19H25NO2. The van der Waals surface area contributed by atoms with E-state index in [1.54, 1.807) is 7.11 Å². The molecule has 1 N–H and O–H groups in total. The van der Waals surface area contributed by atoms with Crippen molar-refractivity contribution in [2.45, 2.75) is 32.9 Å². The molecule has 0 spiro atoms. The summed E-state index contributed by atoms with van der Waals surface area (Å²) < 4.78 is 11.4. The minimum atomic E-state index is 0.725. The second kappa shape index (κ2) is 9.11. The molecule has 0 aliphatic heterocycles. The van der Waals surface area contributed by atoms with Gasteiger partial charge in [0.15, 0.2) is 11.5 Å². The molecule has 22 heavy (non-hydrogen) atoms. The largest absolute Gasteiger partial charge is 0.493 e. The number of methoxy groups -OCH3 is 1. The fourth-order valence-corrected chi connectivity index (χ4v) is 2.28. The molecule has 0 unspecified atom stereocenters. The number of para-hydroxylation sites is 1. The molecule has 3 heteroatoms. The maximum absolute atomic E-state index is 5.94. The van der Waals surface area contributed by atoms with Crippen molar-refractivity contribution >= 4 is 0 Å². The van der Waals surface area contributed by atoms with Gasteiger partial charge in [-0.1, -0.05) is 55.8 Å². The lowest BCUT2D eigenvalue weighted by molar-refractivity contribution is 0.284. The third kappa shape index (κ3) is 4.78. The average molecular weight is 299 g/mol. The highest BCUT2D eigenvalue weighted by molar-refractivity contribution is 5.46. The van der Waals surface area contributed by atoms with Gasteiger partial charge in [-0.25, -0.2) is 0 Å². The summed E-state index contributed by atoms with van der Waals surface area (Å²) in [7, 11) is 1.68. The van der Waals surface area contributed by atoms with E-state index in [1.807, 2.05) is 18.2 Å². The van der Waals surface area contributed by atoms with Gasteiger partial charge in [0.05, 0.1) is 13.7 Å². The molecule has 0 heterocycles. The molecule has 0 aliphatic rings. The third-order valence-corrected chi connectivity index (χ3v) is 3.51. The third-order valence-electron chi connectivity index (χ3n) is 3.51. The van der Waals surface area contributed by atoms with Crippen molar-refractivity contribution in [3.63, 3.8) is 0 Å². The van der Waals surface area contributed by atoms with Crippen molar-refractivity contribution in [1.29, 1.82) is 0 Å². The predicted octanol–water partition coefficient (Wildman–Crippen LogP) is 4.16. The first kappa shape index (κ1) is 16.4. The van der Waals surface area contributed by atoms with Gasteiger partial charge in [0, 0.05) is 18.7 Å². The number of nitrogens with one attached hydrogen (secondary N) is 1. The smallest absolute Gasteiger partial charge is 0.165 e. The Morgan fingerprint density at radius 3 is 2.50 bits per heavy atom. The molecular weight excluding hydrogens is 274 g/mol. The zero-order valence-electron chi connectivity index (χ0n) is 13.5. The first-order chi connectivity index (χ1) is 10.8. The van der Waals surface area contributed by atoms with E-state index >= 15 is 0 Å². The van der Waals surface area contributed by atoms with Crippen LogP contribution in [0.4, 0.5) is 0 Å². The van der Waals surface area contributed by atoms with E-state index in [1.165, 1.54) is 5.56 Å². The van der Waals surface area contributed by atoms with E-state index in [2.05, 4.69) is 42.6 Å². The Morgan fingerprint density at radius 2 is 1.77 bits per heavy atom. The highest BCUT2D eigenvalue weighted by Gasteiger charge is 2.10. The summed E-state index contributed by atoms with van der Waals surface area (Å²) in [4.78, 5) is 0. The van der Waals surface area contributed by atoms with Gasteiger partial charge in [0.1, 0.15) is 0 Å². The summed E-state index contributed by atoms with van der Waals surface area (Å²) in [6, 6.07) is 16.4. The van der Waals surface area contributed by atoms with Crippen molar-refractivity contribution in [3.8, 4) is 11.5 Å². The number of ether oxygens (including phenoxy) is 2. The summed E-state index contributed by atoms with van der Waals surface area (Å²) in [5.41, 5.74) is 2.41. The molecule has 0 saturated heterocycles. The van der Waals surface area contributed by atoms with Crippen LogP contribution in [-0.2, 0) is 13.1 Å². The number of rotatable bonds is 9. The van der Waals surface area contributed by atoms with Crippen molar-refractivity contribution in [2.24, 2.45) is 0 Å². The highest BCUT2D eigenvalue weighted by atomic mass is 16.5. The Hall–Kier alpha value is -2.00. The molecule has 0 aliphatic carbocycles. The Bertz CT molecular complexity index is 555. The molecule has 0 radical (unpaired) electrons. The summed E-state index contributed by atoms with van der Waals surface area (Å²) >= 11 is 0. The lowest BCUT2D eigenvalue weighted by atomic mass is 10.1. The van der Waals surface area contributed by atoms with Crippen LogP contribution < -0.4 is 14.8 Å². The Balaban J connectivity index is 1.99. The Morgan fingerprint density at radius 1 is 0.955 bits per heavy atom. The second-order valence-corrected chi connectivity index (χ2v) is 5.24. The van der Waals surface area contributed by atoms with Crippen LogP contribution in [0, 0.1) is 0 Å². The van der Waals surface area contributed by atoms with Crippen molar-refractivity contribution < 1.29 is 9.47 Å². The summed E-state index contributed by atoms with van der Waals surface area (Å²) in [6.45, 7) is 4.48. The van der Waals surface area contributed by atoms with E-state index < -0.39 is 0 Å². The monoisotopic (exact) mass is 299 g/mol. The second-order valence-electron chi connectivity index (χ2n) is 5.24. The molecule has 0 atom stereocenters. The predicted molar refractivity (Wildman–Crippen MR) is 90.4 cm³/mol. The number of hydrogen-bond donors (Lipinski definition) is 1. The first-order valence-electron chi connectivity index (χ1n) is 7.88.